The van der Waals surface area contributed by atoms with Crippen molar-refractivity contribution in [3.05, 3.63) is 0 Å². The molecule has 3 unspecified atom stereocenters. The van der Waals surface area contributed by atoms with E-state index >= 15 is 0 Å². The normalized spacial score (nSPS) is 39.9. The van der Waals surface area contributed by atoms with Crippen LogP contribution in [0.2, 0.25) is 0 Å². The summed E-state index contributed by atoms with van der Waals surface area (Å²) in [7, 11) is 2.32. The molecule has 1 saturated heterocycles. The van der Waals surface area contributed by atoms with Gasteiger partial charge in [-0.3, -0.25) is 4.90 Å². The maximum Gasteiger partial charge on any atom is 0.0345 e. The predicted molar refractivity (Wildman–Crippen MR) is 60.4 cm³/mol. The molecular formula is C12H24N2. The van der Waals surface area contributed by atoms with Gasteiger partial charge in [-0.05, 0) is 38.1 Å². The maximum absolute atomic E-state index is 3.36. The largest absolute Gasteiger partial charge is 0.314 e. The Kier molecular flexibility index (Phi) is 3.13. The van der Waals surface area contributed by atoms with Crippen molar-refractivity contribution >= 4 is 0 Å². The highest BCUT2D eigenvalue weighted by Crippen LogP contribution is 2.32. The van der Waals surface area contributed by atoms with Gasteiger partial charge in [0.1, 0.15) is 0 Å². The Hall–Kier alpha value is -0.0800. The molecule has 0 radical (unpaired) electrons. The summed E-state index contributed by atoms with van der Waals surface area (Å²) in [5.41, 5.74) is 0. The molecule has 1 aliphatic heterocycles. The van der Waals surface area contributed by atoms with Crippen LogP contribution in [0.4, 0.5) is 0 Å². The Labute approximate surface area is 88.1 Å². The summed E-state index contributed by atoms with van der Waals surface area (Å²) >= 11 is 0. The van der Waals surface area contributed by atoms with Gasteiger partial charge in [0.2, 0.25) is 0 Å². The lowest BCUT2D eigenvalue weighted by Crippen LogP contribution is -2.59. The van der Waals surface area contributed by atoms with Crippen molar-refractivity contribution in [1.29, 1.82) is 0 Å². The van der Waals surface area contributed by atoms with E-state index in [1.165, 1.54) is 32.4 Å². The average Bonchev–Trinajstić information content (AvgIpc) is 2.06. The third kappa shape index (κ3) is 1.96. The molecule has 0 aromatic rings. The van der Waals surface area contributed by atoms with Gasteiger partial charge in [0, 0.05) is 25.2 Å². The smallest absolute Gasteiger partial charge is 0.0345 e. The molecule has 2 aliphatic rings. The molecule has 3 atom stereocenters. The molecule has 2 rings (SSSR count). The highest BCUT2D eigenvalue weighted by atomic mass is 15.2. The average molecular weight is 196 g/mol. The molecule has 0 aromatic carbocycles. The van der Waals surface area contributed by atoms with E-state index in [0.717, 1.165) is 23.9 Å². The summed E-state index contributed by atoms with van der Waals surface area (Å²) < 4.78 is 0. The molecule has 2 nitrogen and oxygen atoms in total. The zero-order chi connectivity index (χ0) is 10.1. The van der Waals surface area contributed by atoms with Gasteiger partial charge in [-0.25, -0.2) is 0 Å². The fourth-order valence-electron chi connectivity index (χ4n) is 2.75. The Morgan fingerprint density at radius 3 is 2.21 bits per heavy atom. The van der Waals surface area contributed by atoms with E-state index in [1.54, 1.807) is 0 Å². The zero-order valence-electron chi connectivity index (χ0n) is 9.79. The topological polar surface area (TPSA) is 15.3 Å². The minimum Gasteiger partial charge on any atom is -0.314 e. The summed E-state index contributed by atoms with van der Waals surface area (Å²) in [6.45, 7) is 7.24. The Balaban J connectivity index is 1.85. The lowest BCUT2D eigenvalue weighted by molar-refractivity contribution is 0.0724. The predicted octanol–water partition coefficient (Wildman–Crippen LogP) is 1.71. The highest BCUT2D eigenvalue weighted by Gasteiger charge is 2.32. The van der Waals surface area contributed by atoms with Gasteiger partial charge in [0.25, 0.3) is 0 Å². The monoisotopic (exact) mass is 196 g/mol. The standard InChI is InChI=1S/C12H24N2/c1-9-4-5-11(6-10(9)2)14(3)12-7-13-8-12/h9-13H,4-8H2,1-3H3. The molecule has 2 fully saturated rings. The molecule has 0 aromatic heterocycles. The van der Waals surface area contributed by atoms with E-state index < -0.39 is 0 Å². The first-order valence-electron chi connectivity index (χ1n) is 6.11. The molecule has 0 amide bonds. The van der Waals surface area contributed by atoms with Crippen LogP contribution < -0.4 is 5.32 Å². The molecule has 0 bridgehead atoms. The summed E-state index contributed by atoms with van der Waals surface area (Å²) in [5.74, 6) is 1.86. The minimum absolute atomic E-state index is 0.820. The molecule has 82 valence electrons. The van der Waals surface area contributed by atoms with Crippen LogP contribution in [0.3, 0.4) is 0 Å². The van der Waals surface area contributed by atoms with Gasteiger partial charge in [-0.1, -0.05) is 13.8 Å². The SMILES string of the molecule is CC1CCC(N(C)C2CNC2)CC1C. The first-order valence-corrected chi connectivity index (χ1v) is 6.11. The Morgan fingerprint density at radius 1 is 1.00 bits per heavy atom. The van der Waals surface area contributed by atoms with Crippen LogP contribution >= 0.6 is 0 Å². The molecular weight excluding hydrogens is 172 g/mol. The van der Waals surface area contributed by atoms with Crippen molar-refractivity contribution in [2.45, 2.75) is 45.2 Å². The van der Waals surface area contributed by atoms with Crippen molar-refractivity contribution in [3.8, 4) is 0 Å². The van der Waals surface area contributed by atoms with E-state index in [1.807, 2.05) is 0 Å². The van der Waals surface area contributed by atoms with E-state index in [4.69, 9.17) is 0 Å². The van der Waals surface area contributed by atoms with Gasteiger partial charge in [-0.2, -0.15) is 0 Å². The van der Waals surface area contributed by atoms with Crippen molar-refractivity contribution in [2.75, 3.05) is 20.1 Å². The number of nitrogens with one attached hydrogen (secondary N) is 1. The molecule has 1 N–H and O–H groups in total. The maximum atomic E-state index is 3.36. The third-order valence-corrected chi connectivity index (χ3v) is 4.48. The fourth-order valence-corrected chi connectivity index (χ4v) is 2.75. The first kappa shape index (κ1) is 10.4. The third-order valence-electron chi connectivity index (χ3n) is 4.48. The number of hydrogen-bond donors (Lipinski definition) is 1. The van der Waals surface area contributed by atoms with Crippen LogP contribution in [0, 0.1) is 11.8 Å². The van der Waals surface area contributed by atoms with Gasteiger partial charge >= 0.3 is 0 Å². The summed E-state index contributed by atoms with van der Waals surface area (Å²) in [4.78, 5) is 2.62. The van der Waals surface area contributed by atoms with E-state index in [2.05, 4.69) is 31.1 Å². The molecule has 14 heavy (non-hydrogen) atoms. The van der Waals surface area contributed by atoms with Crippen molar-refractivity contribution in [2.24, 2.45) is 11.8 Å². The van der Waals surface area contributed by atoms with Crippen LogP contribution in [0.5, 0.6) is 0 Å². The second kappa shape index (κ2) is 4.19. The molecule has 1 heterocycles. The second-order valence-corrected chi connectivity index (χ2v) is 5.40. The van der Waals surface area contributed by atoms with Crippen molar-refractivity contribution in [1.82, 2.24) is 10.2 Å². The summed E-state index contributed by atoms with van der Waals surface area (Å²) in [5, 5.41) is 3.36. The van der Waals surface area contributed by atoms with Gasteiger partial charge in [0.05, 0.1) is 0 Å². The first-order chi connectivity index (χ1) is 6.68. The van der Waals surface area contributed by atoms with Crippen LogP contribution in [-0.4, -0.2) is 37.1 Å². The Morgan fingerprint density at radius 2 is 1.71 bits per heavy atom. The van der Waals surface area contributed by atoms with Gasteiger partial charge < -0.3 is 5.32 Å². The molecule has 0 spiro atoms. The van der Waals surface area contributed by atoms with Crippen LogP contribution in [0.1, 0.15) is 33.1 Å². The summed E-state index contributed by atoms with van der Waals surface area (Å²) in [6.07, 6.45) is 4.25. The fraction of sp³-hybridized carbons (Fsp3) is 1.00. The van der Waals surface area contributed by atoms with E-state index in [-0.39, 0.29) is 0 Å². The quantitative estimate of drug-likeness (QED) is 0.723. The second-order valence-electron chi connectivity index (χ2n) is 5.40. The number of rotatable bonds is 2. The minimum atomic E-state index is 0.820. The highest BCUT2D eigenvalue weighted by molar-refractivity contribution is 4.89. The number of hydrogen-bond acceptors (Lipinski definition) is 2. The Bertz CT molecular complexity index is 189. The summed E-state index contributed by atoms with van der Waals surface area (Å²) in [6, 6.07) is 1.67. The van der Waals surface area contributed by atoms with E-state index in [9.17, 15) is 0 Å². The lowest BCUT2D eigenvalue weighted by Gasteiger charge is -2.44. The van der Waals surface area contributed by atoms with Gasteiger partial charge in [-0.15, -0.1) is 0 Å². The molecule has 1 saturated carbocycles. The van der Waals surface area contributed by atoms with Crippen LogP contribution in [0.25, 0.3) is 0 Å². The molecule has 1 aliphatic carbocycles. The zero-order valence-corrected chi connectivity index (χ0v) is 9.79. The van der Waals surface area contributed by atoms with Crippen molar-refractivity contribution < 1.29 is 0 Å². The van der Waals surface area contributed by atoms with Crippen molar-refractivity contribution in [3.63, 3.8) is 0 Å². The van der Waals surface area contributed by atoms with Crippen LogP contribution in [-0.2, 0) is 0 Å². The number of likely N-dealkylation sites (N-methyl/N-ethyl adjacent to an activating group) is 1. The molecule has 2 heteroatoms. The van der Waals surface area contributed by atoms with Crippen LogP contribution in [0.15, 0.2) is 0 Å². The van der Waals surface area contributed by atoms with Gasteiger partial charge in [0.15, 0.2) is 0 Å². The van der Waals surface area contributed by atoms with E-state index in [0.29, 0.717) is 0 Å². The lowest BCUT2D eigenvalue weighted by atomic mass is 9.78. The number of nitrogens with zero attached hydrogens (tertiary/aromatic N) is 1.